The zero-order chi connectivity index (χ0) is 15.5. The van der Waals surface area contributed by atoms with E-state index >= 15 is 0 Å². The Balaban J connectivity index is 1.70. The molecule has 2 aromatic rings. The average Bonchev–Trinajstić information content (AvgIpc) is 3.17. The van der Waals surface area contributed by atoms with E-state index in [1.807, 2.05) is 0 Å². The van der Waals surface area contributed by atoms with Gasteiger partial charge in [-0.1, -0.05) is 26.0 Å². The first kappa shape index (κ1) is 15.1. The molecule has 0 spiro atoms. The molecule has 3 rings (SSSR count). The largest absolute Gasteiger partial charge is 0.493 e. The van der Waals surface area contributed by atoms with Crippen molar-refractivity contribution in [1.29, 1.82) is 0 Å². The van der Waals surface area contributed by atoms with E-state index in [1.165, 1.54) is 11.1 Å². The van der Waals surface area contributed by atoms with Gasteiger partial charge in [-0.05, 0) is 35.2 Å². The zero-order valence-electron chi connectivity index (χ0n) is 13.1. The van der Waals surface area contributed by atoms with Crippen LogP contribution in [0.15, 0.2) is 41.0 Å². The molecule has 118 valence electrons. The van der Waals surface area contributed by atoms with Crippen molar-refractivity contribution in [2.24, 2.45) is 5.92 Å². The lowest BCUT2D eigenvalue weighted by molar-refractivity contribution is 0.140. The molecule has 1 aromatic carbocycles. The first-order chi connectivity index (χ1) is 10.6. The summed E-state index contributed by atoms with van der Waals surface area (Å²) in [6.07, 6.45) is 1.93. The molecule has 0 bridgehead atoms. The third-order valence-electron chi connectivity index (χ3n) is 4.14. The van der Waals surface area contributed by atoms with Crippen molar-refractivity contribution < 1.29 is 14.3 Å². The molecule has 0 saturated heterocycles. The van der Waals surface area contributed by atoms with Gasteiger partial charge in [-0.25, -0.2) is 0 Å². The van der Waals surface area contributed by atoms with E-state index in [0.29, 0.717) is 18.2 Å². The Kier molecular flexibility index (Phi) is 4.50. The topological polar surface area (TPSA) is 54.6 Å². The van der Waals surface area contributed by atoms with Crippen molar-refractivity contribution in [3.8, 4) is 5.75 Å². The molecule has 0 fully saturated rings. The lowest BCUT2D eigenvalue weighted by Crippen LogP contribution is -2.29. The van der Waals surface area contributed by atoms with Crippen LogP contribution in [0.5, 0.6) is 5.75 Å². The third kappa shape index (κ3) is 3.18. The van der Waals surface area contributed by atoms with Crippen LogP contribution in [0.3, 0.4) is 0 Å². The summed E-state index contributed by atoms with van der Waals surface area (Å²) < 4.78 is 10.8. The maximum absolute atomic E-state index is 10.2. The van der Waals surface area contributed by atoms with Gasteiger partial charge in [-0.2, -0.15) is 0 Å². The Bertz CT molecular complexity index is 607. The highest BCUT2D eigenvalue weighted by Crippen LogP contribution is 2.30. The van der Waals surface area contributed by atoms with Crippen LogP contribution >= 0.6 is 0 Å². The second-order valence-electron chi connectivity index (χ2n) is 6.13. The zero-order valence-corrected chi connectivity index (χ0v) is 13.1. The minimum absolute atomic E-state index is 0.190. The third-order valence-corrected chi connectivity index (χ3v) is 4.14. The number of nitrogens with one attached hydrogen (secondary N) is 1. The summed E-state index contributed by atoms with van der Waals surface area (Å²) in [5.41, 5.74) is 2.52. The van der Waals surface area contributed by atoms with E-state index in [0.717, 1.165) is 18.8 Å². The number of furan rings is 1. The molecular weight excluding hydrogens is 278 g/mol. The number of ether oxygens (including phenoxy) is 1. The smallest absolute Gasteiger partial charge is 0.133 e. The normalized spacial score (nSPS) is 16.4. The van der Waals surface area contributed by atoms with Crippen molar-refractivity contribution >= 4 is 0 Å². The summed E-state index contributed by atoms with van der Waals surface area (Å²) in [6.45, 7) is 5.60. The minimum Gasteiger partial charge on any atom is -0.493 e. The van der Waals surface area contributed by atoms with E-state index in [2.05, 4.69) is 37.4 Å². The Labute approximate surface area is 131 Å². The molecule has 0 saturated carbocycles. The molecule has 0 aliphatic carbocycles. The summed E-state index contributed by atoms with van der Waals surface area (Å²) in [4.78, 5) is 0. The van der Waals surface area contributed by atoms with Crippen LogP contribution in [-0.2, 0) is 6.42 Å². The van der Waals surface area contributed by atoms with Crippen molar-refractivity contribution in [1.82, 2.24) is 5.32 Å². The fraction of sp³-hybridized carbons (Fsp3) is 0.444. The molecule has 0 radical (unpaired) electrons. The van der Waals surface area contributed by atoms with E-state index in [-0.39, 0.29) is 6.04 Å². The number of hydrogen-bond donors (Lipinski definition) is 2. The summed E-state index contributed by atoms with van der Waals surface area (Å²) in [7, 11) is 0. The number of aliphatic hydroxyl groups excluding tert-OH is 1. The Hall–Kier alpha value is -1.78. The van der Waals surface area contributed by atoms with Gasteiger partial charge in [0.1, 0.15) is 17.6 Å². The van der Waals surface area contributed by atoms with Crippen LogP contribution in [0.25, 0.3) is 0 Å². The number of fused-ring (bicyclic) bond motifs is 1. The van der Waals surface area contributed by atoms with Gasteiger partial charge in [-0.15, -0.1) is 0 Å². The van der Waals surface area contributed by atoms with Crippen LogP contribution in [0.1, 0.15) is 42.9 Å². The summed E-state index contributed by atoms with van der Waals surface area (Å²) in [5.74, 6) is 2.02. The second-order valence-corrected chi connectivity index (χ2v) is 6.13. The molecule has 22 heavy (non-hydrogen) atoms. The van der Waals surface area contributed by atoms with Crippen molar-refractivity contribution in [3.05, 3.63) is 53.5 Å². The van der Waals surface area contributed by atoms with Gasteiger partial charge in [0.2, 0.25) is 0 Å². The fourth-order valence-corrected chi connectivity index (χ4v) is 2.96. The van der Waals surface area contributed by atoms with E-state index in [9.17, 15) is 5.11 Å². The lowest BCUT2D eigenvalue weighted by Gasteiger charge is -2.24. The van der Waals surface area contributed by atoms with Gasteiger partial charge in [0.25, 0.3) is 0 Å². The van der Waals surface area contributed by atoms with Crippen molar-refractivity contribution in [3.63, 3.8) is 0 Å². The predicted molar refractivity (Wildman–Crippen MR) is 84.9 cm³/mol. The highest BCUT2D eigenvalue weighted by Gasteiger charge is 2.21. The number of rotatable bonds is 6. The van der Waals surface area contributed by atoms with E-state index < -0.39 is 6.10 Å². The SMILES string of the molecule is CC(C)[C@H](NC[C@H](O)c1ccco1)c1ccc2c(c1)CCO2. The van der Waals surface area contributed by atoms with Crippen molar-refractivity contribution in [2.75, 3.05) is 13.2 Å². The molecular formula is C18H23NO3. The van der Waals surface area contributed by atoms with Gasteiger partial charge in [0, 0.05) is 19.0 Å². The number of benzene rings is 1. The van der Waals surface area contributed by atoms with Gasteiger partial charge >= 0.3 is 0 Å². The van der Waals surface area contributed by atoms with E-state index in [1.54, 1.807) is 18.4 Å². The second kappa shape index (κ2) is 6.55. The fourth-order valence-electron chi connectivity index (χ4n) is 2.96. The molecule has 1 aromatic heterocycles. The summed E-state index contributed by atoms with van der Waals surface area (Å²) >= 11 is 0. The molecule has 2 N–H and O–H groups in total. The quantitative estimate of drug-likeness (QED) is 0.860. The monoisotopic (exact) mass is 301 g/mol. The lowest BCUT2D eigenvalue weighted by atomic mass is 9.94. The summed E-state index contributed by atoms with van der Waals surface area (Å²) in [5, 5.41) is 13.6. The molecule has 2 atom stereocenters. The number of hydrogen-bond acceptors (Lipinski definition) is 4. The summed E-state index contributed by atoms with van der Waals surface area (Å²) in [6, 6.07) is 10.2. The minimum atomic E-state index is -0.631. The first-order valence-electron chi connectivity index (χ1n) is 7.85. The Morgan fingerprint density at radius 1 is 1.27 bits per heavy atom. The predicted octanol–water partition coefficient (Wildman–Crippen LogP) is 3.23. The van der Waals surface area contributed by atoms with Crippen molar-refractivity contribution in [2.45, 2.75) is 32.4 Å². The standard InChI is InChI=1S/C18H23NO3/c1-12(2)18(19-11-15(20)17-4-3-8-21-17)14-5-6-16-13(10-14)7-9-22-16/h3-6,8,10,12,15,18-20H,7,9,11H2,1-2H3/t15-,18-/m0/s1. The molecule has 4 heteroatoms. The van der Waals surface area contributed by atoms with Crippen LogP contribution in [-0.4, -0.2) is 18.3 Å². The highest BCUT2D eigenvalue weighted by molar-refractivity contribution is 5.41. The molecule has 0 unspecified atom stereocenters. The molecule has 0 amide bonds. The molecule has 4 nitrogen and oxygen atoms in total. The van der Waals surface area contributed by atoms with Gasteiger partial charge in [0.15, 0.2) is 0 Å². The Morgan fingerprint density at radius 2 is 2.14 bits per heavy atom. The highest BCUT2D eigenvalue weighted by atomic mass is 16.5. The molecule has 1 aliphatic rings. The molecule has 1 aliphatic heterocycles. The van der Waals surface area contributed by atoms with Crippen LogP contribution < -0.4 is 10.1 Å². The number of aliphatic hydroxyl groups is 1. The maximum Gasteiger partial charge on any atom is 0.133 e. The maximum atomic E-state index is 10.2. The first-order valence-corrected chi connectivity index (χ1v) is 7.85. The van der Waals surface area contributed by atoms with Gasteiger partial charge in [-0.3, -0.25) is 0 Å². The Morgan fingerprint density at radius 3 is 2.86 bits per heavy atom. The average molecular weight is 301 g/mol. The van der Waals surface area contributed by atoms with E-state index in [4.69, 9.17) is 9.15 Å². The molecule has 2 heterocycles. The van der Waals surface area contributed by atoms with Crippen LogP contribution in [0.2, 0.25) is 0 Å². The van der Waals surface area contributed by atoms with Crippen LogP contribution in [0, 0.1) is 5.92 Å². The van der Waals surface area contributed by atoms with Gasteiger partial charge < -0.3 is 19.6 Å². The van der Waals surface area contributed by atoms with Gasteiger partial charge in [0.05, 0.1) is 12.9 Å². The van der Waals surface area contributed by atoms with Crippen LogP contribution in [0.4, 0.5) is 0 Å².